The van der Waals surface area contributed by atoms with Gasteiger partial charge in [-0.15, -0.1) is 0 Å². The molecule has 1 N–H and O–H groups in total. The van der Waals surface area contributed by atoms with Crippen LogP contribution in [0.1, 0.15) is 0 Å². The van der Waals surface area contributed by atoms with Crippen LogP contribution in [0.3, 0.4) is 0 Å². The molecule has 0 bridgehead atoms. The molecule has 0 aliphatic carbocycles. The van der Waals surface area contributed by atoms with Gasteiger partial charge < -0.3 is 19.5 Å². The Bertz CT molecular complexity index is 751. The van der Waals surface area contributed by atoms with Crippen molar-refractivity contribution in [2.75, 3.05) is 25.6 Å². The van der Waals surface area contributed by atoms with Crippen LogP contribution in [0, 0.1) is 0 Å². The van der Waals surface area contributed by atoms with Gasteiger partial charge in [0.2, 0.25) is 0 Å². The first-order chi connectivity index (χ1) is 12.0. The fraction of sp³-hybridized carbons (Fsp3) is 0.176. The first kappa shape index (κ1) is 19.1. The van der Waals surface area contributed by atoms with Crippen LogP contribution in [0.5, 0.6) is 11.5 Å². The Morgan fingerprint density at radius 1 is 1.12 bits per heavy atom. The lowest BCUT2D eigenvalue weighted by Crippen LogP contribution is -2.23. The van der Waals surface area contributed by atoms with Gasteiger partial charge in [-0.1, -0.05) is 27.5 Å². The lowest BCUT2D eigenvalue weighted by Gasteiger charge is -2.11. The molecule has 0 heterocycles. The van der Waals surface area contributed by atoms with Crippen molar-refractivity contribution >= 4 is 45.1 Å². The van der Waals surface area contributed by atoms with Crippen molar-refractivity contribution < 1.29 is 23.8 Å². The third kappa shape index (κ3) is 6.28. The van der Waals surface area contributed by atoms with Crippen molar-refractivity contribution in [1.82, 2.24) is 0 Å². The standard InChI is InChI=1S/C17H15BrClNO5/c1-23-15-7-4-12(19)8-14(15)20-16(21)9-25-17(22)10-24-13-5-2-11(18)3-6-13/h2-8H,9-10H2,1H3,(H,20,21). The van der Waals surface area contributed by atoms with Crippen molar-refractivity contribution in [1.29, 1.82) is 0 Å². The second-order valence-electron chi connectivity index (χ2n) is 4.80. The molecule has 0 saturated carbocycles. The number of halogens is 2. The van der Waals surface area contributed by atoms with Crippen molar-refractivity contribution in [3.05, 3.63) is 52.0 Å². The van der Waals surface area contributed by atoms with Crippen LogP contribution in [0.4, 0.5) is 5.69 Å². The van der Waals surface area contributed by atoms with Gasteiger partial charge in [0.15, 0.2) is 13.2 Å². The number of hydrogen-bond acceptors (Lipinski definition) is 5. The number of ether oxygens (including phenoxy) is 3. The minimum atomic E-state index is -0.656. The lowest BCUT2D eigenvalue weighted by atomic mass is 10.3. The topological polar surface area (TPSA) is 73.9 Å². The fourth-order valence-corrected chi connectivity index (χ4v) is 2.26. The van der Waals surface area contributed by atoms with E-state index in [0.29, 0.717) is 22.2 Å². The highest BCUT2D eigenvalue weighted by molar-refractivity contribution is 9.10. The molecule has 6 nitrogen and oxygen atoms in total. The van der Waals surface area contributed by atoms with Gasteiger partial charge in [0, 0.05) is 9.50 Å². The molecule has 0 spiro atoms. The number of methoxy groups -OCH3 is 1. The number of nitrogens with one attached hydrogen (secondary N) is 1. The Kier molecular flexibility index (Phi) is 7.09. The van der Waals surface area contributed by atoms with Crippen LogP contribution in [0.2, 0.25) is 5.02 Å². The van der Waals surface area contributed by atoms with E-state index in [0.717, 1.165) is 4.47 Å². The van der Waals surface area contributed by atoms with E-state index in [2.05, 4.69) is 21.2 Å². The highest BCUT2D eigenvalue weighted by Crippen LogP contribution is 2.27. The lowest BCUT2D eigenvalue weighted by molar-refractivity contribution is -0.149. The van der Waals surface area contributed by atoms with Gasteiger partial charge in [-0.3, -0.25) is 4.79 Å². The number of hydrogen-bond donors (Lipinski definition) is 1. The van der Waals surface area contributed by atoms with Crippen LogP contribution in [-0.4, -0.2) is 32.2 Å². The van der Waals surface area contributed by atoms with E-state index >= 15 is 0 Å². The molecule has 2 aromatic carbocycles. The third-order valence-corrected chi connectivity index (χ3v) is 3.73. The van der Waals surface area contributed by atoms with Gasteiger partial charge in [0.05, 0.1) is 12.8 Å². The molecular weight excluding hydrogens is 414 g/mol. The number of anilines is 1. The zero-order chi connectivity index (χ0) is 18.2. The second kappa shape index (κ2) is 9.29. The van der Waals surface area contributed by atoms with Crippen LogP contribution in [-0.2, 0) is 14.3 Å². The van der Waals surface area contributed by atoms with Crippen LogP contribution in [0.15, 0.2) is 46.9 Å². The summed E-state index contributed by atoms with van der Waals surface area (Å²) in [6.07, 6.45) is 0. The molecule has 0 atom stereocenters. The normalized spacial score (nSPS) is 10.0. The summed E-state index contributed by atoms with van der Waals surface area (Å²) in [6, 6.07) is 11.8. The molecule has 0 radical (unpaired) electrons. The molecule has 0 aromatic heterocycles. The molecule has 132 valence electrons. The Hall–Kier alpha value is -2.25. The maximum atomic E-state index is 11.9. The smallest absolute Gasteiger partial charge is 0.344 e. The first-order valence-corrected chi connectivity index (χ1v) is 8.32. The number of benzene rings is 2. The molecule has 0 aliphatic heterocycles. The zero-order valence-corrected chi connectivity index (χ0v) is 15.6. The van der Waals surface area contributed by atoms with E-state index in [1.165, 1.54) is 13.2 Å². The summed E-state index contributed by atoms with van der Waals surface area (Å²) in [5.74, 6) is -0.204. The summed E-state index contributed by atoms with van der Waals surface area (Å²) in [6.45, 7) is -0.742. The van der Waals surface area contributed by atoms with Crippen molar-refractivity contribution in [2.45, 2.75) is 0 Å². The highest BCUT2D eigenvalue weighted by atomic mass is 79.9. The van der Waals surface area contributed by atoms with Gasteiger partial charge in [-0.25, -0.2) is 4.79 Å². The summed E-state index contributed by atoms with van der Waals surface area (Å²) in [5, 5.41) is 3.01. The first-order valence-electron chi connectivity index (χ1n) is 7.15. The van der Waals surface area contributed by atoms with Gasteiger partial charge in [-0.05, 0) is 42.5 Å². The highest BCUT2D eigenvalue weighted by Gasteiger charge is 2.11. The molecule has 0 fully saturated rings. The van der Waals surface area contributed by atoms with E-state index in [1.54, 1.807) is 36.4 Å². The molecular formula is C17H15BrClNO5. The Balaban J connectivity index is 1.78. The minimum Gasteiger partial charge on any atom is -0.495 e. The van der Waals surface area contributed by atoms with Gasteiger partial charge in [0.25, 0.3) is 5.91 Å². The largest absolute Gasteiger partial charge is 0.495 e. The van der Waals surface area contributed by atoms with E-state index in [9.17, 15) is 9.59 Å². The molecule has 8 heteroatoms. The van der Waals surface area contributed by atoms with E-state index in [1.807, 2.05) is 0 Å². The minimum absolute atomic E-state index is 0.296. The third-order valence-electron chi connectivity index (χ3n) is 2.97. The average molecular weight is 429 g/mol. The summed E-state index contributed by atoms with van der Waals surface area (Å²) in [4.78, 5) is 23.5. The Morgan fingerprint density at radius 3 is 2.52 bits per heavy atom. The van der Waals surface area contributed by atoms with Gasteiger partial charge >= 0.3 is 5.97 Å². The van der Waals surface area contributed by atoms with E-state index in [-0.39, 0.29) is 6.61 Å². The maximum Gasteiger partial charge on any atom is 0.344 e. The van der Waals surface area contributed by atoms with Crippen LogP contribution < -0.4 is 14.8 Å². The van der Waals surface area contributed by atoms with E-state index < -0.39 is 18.5 Å². The summed E-state index contributed by atoms with van der Waals surface area (Å²) < 4.78 is 16.1. The van der Waals surface area contributed by atoms with Crippen molar-refractivity contribution in [2.24, 2.45) is 0 Å². The quantitative estimate of drug-likeness (QED) is 0.681. The zero-order valence-electron chi connectivity index (χ0n) is 13.3. The summed E-state index contributed by atoms with van der Waals surface area (Å²) in [7, 11) is 1.47. The predicted molar refractivity (Wildman–Crippen MR) is 97.2 cm³/mol. The van der Waals surface area contributed by atoms with E-state index in [4.69, 9.17) is 25.8 Å². The van der Waals surface area contributed by atoms with Crippen molar-refractivity contribution in [3.63, 3.8) is 0 Å². The fourth-order valence-electron chi connectivity index (χ4n) is 1.82. The number of amides is 1. The molecule has 0 unspecified atom stereocenters. The molecule has 0 aliphatic rings. The van der Waals surface area contributed by atoms with Gasteiger partial charge in [0.1, 0.15) is 11.5 Å². The Labute approximate surface area is 158 Å². The average Bonchev–Trinajstić information content (AvgIpc) is 2.59. The SMILES string of the molecule is COc1ccc(Cl)cc1NC(=O)COC(=O)COc1ccc(Br)cc1. The number of esters is 1. The summed E-state index contributed by atoms with van der Waals surface area (Å²) in [5.41, 5.74) is 0.391. The second-order valence-corrected chi connectivity index (χ2v) is 6.15. The monoisotopic (exact) mass is 427 g/mol. The maximum absolute atomic E-state index is 11.9. The number of carbonyl (C=O) groups is 2. The summed E-state index contributed by atoms with van der Waals surface area (Å²) >= 11 is 9.18. The predicted octanol–water partition coefficient (Wildman–Crippen LogP) is 3.67. The molecule has 2 aromatic rings. The number of carbonyl (C=O) groups excluding carboxylic acids is 2. The van der Waals surface area contributed by atoms with Crippen molar-refractivity contribution in [3.8, 4) is 11.5 Å². The Morgan fingerprint density at radius 2 is 1.84 bits per heavy atom. The molecule has 0 saturated heterocycles. The molecule has 25 heavy (non-hydrogen) atoms. The van der Waals surface area contributed by atoms with Gasteiger partial charge in [-0.2, -0.15) is 0 Å². The molecule has 1 amide bonds. The van der Waals surface area contributed by atoms with Crippen LogP contribution >= 0.6 is 27.5 Å². The number of rotatable bonds is 7. The molecule has 2 rings (SSSR count). The van der Waals surface area contributed by atoms with Crippen LogP contribution in [0.25, 0.3) is 0 Å².